The number of hydrogen-bond donors (Lipinski definition) is 1. The lowest BCUT2D eigenvalue weighted by Crippen LogP contribution is -2.10. The van der Waals surface area contributed by atoms with Gasteiger partial charge in [-0.2, -0.15) is 13.2 Å². The van der Waals surface area contributed by atoms with Crippen molar-refractivity contribution < 1.29 is 13.2 Å². The zero-order valence-corrected chi connectivity index (χ0v) is 10.4. The number of nitrogens with two attached hydrogens (primary N) is 1. The molecule has 0 aromatic carbocycles. The van der Waals surface area contributed by atoms with Crippen LogP contribution in [0.4, 0.5) is 13.2 Å². The van der Waals surface area contributed by atoms with Gasteiger partial charge in [-0.1, -0.05) is 6.07 Å². The van der Waals surface area contributed by atoms with Crippen LogP contribution >= 0.6 is 11.8 Å². The molecule has 2 rings (SSSR count). The van der Waals surface area contributed by atoms with E-state index in [2.05, 4.69) is 15.0 Å². The molecule has 100 valence electrons. The first-order valence-electron chi connectivity index (χ1n) is 5.23. The van der Waals surface area contributed by atoms with Crippen LogP contribution < -0.4 is 5.73 Å². The van der Waals surface area contributed by atoms with Crippen LogP contribution in [0.5, 0.6) is 0 Å². The van der Waals surface area contributed by atoms with Gasteiger partial charge in [0.2, 0.25) is 0 Å². The van der Waals surface area contributed by atoms with Crippen LogP contribution in [0.25, 0.3) is 0 Å². The second-order valence-corrected chi connectivity index (χ2v) is 4.45. The smallest absolute Gasteiger partial charge is 0.326 e. The molecule has 0 bridgehead atoms. The topological polar surface area (TPSA) is 64.7 Å². The summed E-state index contributed by atoms with van der Waals surface area (Å²) in [6.45, 7) is 0.0975. The van der Waals surface area contributed by atoms with Gasteiger partial charge < -0.3 is 5.73 Å². The number of halogens is 3. The Morgan fingerprint density at radius 2 is 1.84 bits per heavy atom. The number of pyridine rings is 1. The molecule has 2 aromatic heterocycles. The second kappa shape index (κ2) is 5.54. The molecule has 2 heterocycles. The summed E-state index contributed by atoms with van der Waals surface area (Å²) in [6.07, 6.45) is -1.48. The maximum atomic E-state index is 12.6. The molecule has 19 heavy (non-hydrogen) atoms. The molecule has 0 unspecified atom stereocenters. The summed E-state index contributed by atoms with van der Waals surface area (Å²) in [5.74, 6) is 0. The number of rotatable bonds is 3. The SMILES string of the molecule is NCc1ccc(C(F)(F)F)nc1Sc1ncccn1. The molecular formula is C11H9F3N4S. The Kier molecular flexibility index (Phi) is 4.01. The summed E-state index contributed by atoms with van der Waals surface area (Å²) >= 11 is 0.956. The average molecular weight is 286 g/mol. The van der Waals surface area contributed by atoms with E-state index in [0.29, 0.717) is 10.7 Å². The minimum absolute atomic E-state index is 0.0975. The van der Waals surface area contributed by atoms with Gasteiger partial charge in [0.15, 0.2) is 5.16 Å². The van der Waals surface area contributed by atoms with E-state index >= 15 is 0 Å². The van der Waals surface area contributed by atoms with Gasteiger partial charge in [0, 0.05) is 18.9 Å². The van der Waals surface area contributed by atoms with E-state index < -0.39 is 11.9 Å². The molecule has 0 amide bonds. The molecule has 0 aliphatic rings. The zero-order valence-electron chi connectivity index (χ0n) is 9.55. The summed E-state index contributed by atoms with van der Waals surface area (Å²) in [5, 5.41) is 0.493. The van der Waals surface area contributed by atoms with Gasteiger partial charge in [0.05, 0.1) is 0 Å². The first kappa shape index (κ1) is 13.8. The van der Waals surface area contributed by atoms with E-state index in [-0.39, 0.29) is 11.6 Å². The van der Waals surface area contributed by atoms with Crippen molar-refractivity contribution in [3.63, 3.8) is 0 Å². The quantitative estimate of drug-likeness (QED) is 0.878. The Labute approximate surface area is 111 Å². The van der Waals surface area contributed by atoms with Gasteiger partial charge in [-0.3, -0.25) is 0 Å². The fourth-order valence-electron chi connectivity index (χ4n) is 1.30. The Bertz CT molecular complexity index is 560. The lowest BCUT2D eigenvalue weighted by atomic mass is 10.2. The number of alkyl halides is 3. The predicted octanol–water partition coefficient (Wildman–Crippen LogP) is 2.50. The summed E-state index contributed by atoms with van der Waals surface area (Å²) in [4.78, 5) is 11.5. The Morgan fingerprint density at radius 3 is 2.42 bits per heavy atom. The molecule has 0 saturated heterocycles. The Hall–Kier alpha value is -1.67. The van der Waals surface area contributed by atoms with Crippen molar-refractivity contribution in [1.29, 1.82) is 0 Å². The largest absolute Gasteiger partial charge is 0.433 e. The van der Waals surface area contributed by atoms with Crippen molar-refractivity contribution in [1.82, 2.24) is 15.0 Å². The van der Waals surface area contributed by atoms with Gasteiger partial charge >= 0.3 is 6.18 Å². The first-order chi connectivity index (χ1) is 9.00. The van der Waals surface area contributed by atoms with Gasteiger partial charge in [-0.15, -0.1) is 0 Å². The van der Waals surface area contributed by atoms with E-state index in [4.69, 9.17) is 5.73 Å². The first-order valence-corrected chi connectivity index (χ1v) is 6.04. The van der Waals surface area contributed by atoms with Crippen LogP contribution in [0.2, 0.25) is 0 Å². The third kappa shape index (κ3) is 3.42. The van der Waals surface area contributed by atoms with Crippen LogP contribution in [-0.2, 0) is 12.7 Å². The van der Waals surface area contributed by atoms with E-state index in [9.17, 15) is 13.2 Å². The fraction of sp³-hybridized carbons (Fsp3) is 0.182. The maximum absolute atomic E-state index is 12.6. The molecular weight excluding hydrogens is 277 g/mol. The van der Waals surface area contributed by atoms with Crippen molar-refractivity contribution in [2.45, 2.75) is 22.9 Å². The third-order valence-corrected chi connectivity index (χ3v) is 3.12. The van der Waals surface area contributed by atoms with E-state index in [1.165, 1.54) is 18.5 Å². The summed E-state index contributed by atoms with van der Waals surface area (Å²) < 4.78 is 37.8. The Morgan fingerprint density at radius 1 is 1.16 bits per heavy atom. The van der Waals surface area contributed by atoms with Gasteiger partial charge in [-0.25, -0.2) is 15.0 Å². The minimum Gasteiger partial charge on any atom is -0.326 e. The molecule has 0 radical (unpaired) electrons. The molecule has 0 atom stereocenters. The van der Waals surface area contributed by atoms with Gasteiger partial charge in [-0.05, 0) is 29.5 Å². The number of hydrogen-bond acceptors (Lipinski definition) is 5. The molecule has 0 saturated carbocycles. The average Bonchev–Trinajstić information content (AvgIpc) is 2.39. The van der Waals surface area contributed by atoms with Crippen molar-refractivity contribution in [3.05, 3.63) is 41.9 Å². The van der Waals surface area contributed by atoms with Crippen LogP contribution in [0.1, 0.15) is 11.3 Å². The lowest BCUT2D eigenvalue weighted by Gasteiger charge is -2.10. The van der Waals surface area contributed by atoms with Crippen LogP contribution in [0.15, 0.2) is 40.8 Å². The van der Waals surface area contributed by atoms with Crippen molar-refractivity contribution in [2.75, 3.05) is 0 Å². The summed E-state index contributed by atoms with van der Waals surface area (Å²) in [5.41, 5.74) is 5.05. The Balaban J connectivity index is 2.37. The summed E-state index contributed by atoms with van der Waals surface area (Å²) in [6, 6.07) is 3.85. The van der Waals surface area contributed by atoms with E-state index in [1.54, 1.807) is 6.07 Å². The summed E-state index contributed by atoms with van der Waals surface area (Å²) in [7, 11) is 0. The molecule has 0 aliphatic heterocycles. The molecule has 8 heteroatoms. The van der Waals surface area contributed by atoms with Gasteiger partial charge in [0.1, 0.15) is 10.7 Å². The molecule has 0 aliphatic carbocycles. The van der Waals surface area contributed by atoms with Crippen LogP contribution in [0, 0.1) is 0 Å². The van der Waals surface area contributed by atoms with Crippen molar-refractivity contribution in [2.24, 2.45) is 5.73 Å². The normalized spacial score (nSPS) is 11.6. The lowest BCUT2D eigenvalue weighted by molar-refractivity contribution is -0.141. The van der Waals surface area contributed by atoms with Gasteiger partial charge in [0.25, 0.3) is 0 Å². The van der Waals surface area contributed by atoms with E-state index in [1.807, 2.05) is 0 Å². The number of nitrogens with zero attached hydrogens (tertiary/aromatic N) is 3. The van der Waals surface area contributed by atoms with Crippen LogP contribution in [0.3, 0.4) is 0 Å². The molecule has 0 spiro atoms. The minimum atomic E-state index is -4.49. The zero-order chi connectivity index (χ0) is 13.9. The highest BCUT2D eigenvalue weighted by atomic mass is 32.2. The van der Waals surface area contributed by atoms with E-state index in [0.717, 1.165) is 17.8 Å². The molecule has 0 fully saturated rings. The highest BCUT2D eigenvalue weighted by Crippen LogP contribution is 2.32. The molecule has 2 N–H and O–H groups in total. The highest BCUT2D eigenvalue weighted by Gasteiger charge is 2.33. The predicted molar refractivity (Wildman–Crippen MR) is 63.3 cm³/mol. The maximum Gasteiger partial charge on any atom is 0.433 e. The number of aromatic nitrogens is 3. The van der Waals surface area contributed by atoms with Crippen LogP contribution in [-0.4, -0.2) is 15.0 Å². The third-order valence-electron chi connectivity index (χ3n) is 2.18. The highest BCUT2D eigenvalue weighted by molar-refractivity contribution is 7.99. The standard InChI is InChI=1S/C11H9F3N4S/c12-11(13,14)8-3-2-7(6-15)9(18-8)19-10-16-4-1-5-17-10/h1-5H,6,15H2. The second-order valence-electron chi connectivity index (χ2n) is 3.50. The molecule has 2 aromatic rings. The fourth-order valence-corrected chi connectivity index (χ4v) is 2.12. The van der Waals surface area contributed by atoms with Crippen molar-refractivity contribution in [3.8, 4) is 0 Å². The molecule has 4 nitrogen and oxygen atoms in total. The van der Waals surface area contributed by atoms with Crippen molar-refractivity contribution >= 4 is 11.8 Å². The monoisotopic (exact) mass is 286 g/mol.